The van der Waals surface area contributed by atoms with Gasteiger partial charge in [0.1, 0.15) is 0 Å². The summed E-state index contributed by atoms with van der Waals surface area (Å²) in [6, 6.07) is 0. The highest BCUT2D eigenvalue weighted by Crippen LogP contribution is 2.34. The van der Waals surface area contributed by atoms with Gasteiger partial charge in [-0.25, -0.2) is 0 Å². The number of ether oxygens (including phenoxy) is 2. The predicted octanol–water partition coefficient (Wildman–Crippen LogP) is 0.959. The fraction of sp³-hybridized carbons (Fsp3) is 0.900. The van der Waals surface area contributed by atoms with E-state index in [1.54, 1.807) is 0 Å². The molecule has 0 aromatic heterocycles. The third-order valence-electron chi connectivity index (χ3n) is 6.08. The lowest BCUT2D eigenvalue weighted by atomic mass is 9.99. The summed E-state index contributed by atoms with van der Waals surface area (Å²) in [5.41, 5.74) is 0. The van der Waals surface area contributed by atoms with Gasteiger partial charge in [0, 0.05) is 63.8 Å². The Morgan fingerprint density at radius 2 is 1.63 bits per heavy atom. The van der Waals surface area contributed by atoms with Crippen molar-refractivity contribution in [3.05, 3.63) is 0 Å². The van der Waals surface area contributed by atoms with E-state index < -0.39 is 0 Å². The van der Waals surface area contributed by atoms with E-state index in [0.29, 0.717) is 19.8 Å². The van der Waals surface area contributed by atoms with Gasteiger partial charge in [-0.05, 0) is 26.0 Å². The summed E-state index contributed by atoms with van der Waals surface area (Å²) in [5.74, 6) is 1.23. The molecule has 3 fully saturated rings. The Bertz CT molecular complexity index is 549. The number of aliphatic imine (C=N–C) groups is 1. The van der Waals surface area contributed by atoms with Gasteiger partial charge in [0.05, 0.1) is 26.3 Å². The number of morpholine rings is 1. The number of nitrogens with one attached hydrogen (secondary N) is 1. The zero-order chi connectivity index (χ0) is 20.5. The number of piperazine rings is 1. The Hall–Kier alpha value is -0.300. The number of carbonyl (C=O) groups is 1. The number of guanidine groups is 1. The van der Waals surface area contributed by atoms with Crippen LogP contribution in [0.4, 0.5) is 0 Å². The average molecular weight is 556 g/mol. The minimum Gasteiger partial charge on any atom is -0.381 e. The van der Waals surface area contributed by atoms with Gasteiger partial charge in [-0.2, -0.15) is 11.8 Å². The number of hydrogen-bond acceptors (Lipinski definition) is 6. The maximum atomic E-state index is 12.5. The Morgan fingerprint density at radius 3 is 2.23 bits per heavy atom. The topological polar surface area (TPSA) is 69.6 Å². The molecule has 0 atom stereocenters. The first-order valence-corrected chi connectivity index (χ1v) is 12.1. The lowest BCUT2D eigenvalue weighted by molar-refractivity contribution is -0.136. The number of amides is 1. The van der Waals surface area contributed by atoms with Gasteiger partial charge in [0.2, 0.25) is 5.91 Å². The molecule has 0 unspecified atom stereocenters. The highest BCUT2D eigenvalue weighted by atomic mass is 127. The highest BCUT2D eigenvalue weighted by molar-refractivity contribution is 14.0. The molecule has 3 aliphatic rings. The van der Waals surface area contributed by atoms with E-state index in [1.807, 2.05) is 16.7 Å². The lowest BCUT2D eigenvalue weighted by Gasteiger charge is -2.38. The molecule has 0 aromatic carbocycles. The fourth-order valence-corrected chi connectivity index (χ4v) is 4.81. The summed E-state index contributed by atoms with van der Waals surface area (Å²) in [5, 5.41) is 3.47. The van der Waals surface area contributed by atoms with Gasteiger partial charge < -0.3 is 24.6 Å². The number of hydrogen-bond donors (Lipinski definition) is 1. The summed E-state index contributed by atoms with van der Waals surface area (Å²) < 4.78 is 11.1. The molecule has 0 aliphatic carbocycles. The first kappa shape index (κ1) is 26.0. The van der Waals surface area contributed by atoms with Crippen LogP contribution >= 0.6 is 35.7 Å². The molecule has 8 nitrogen and oxygen atoms in total. The maximum absolute atomic E-state index is 12.5. The second-order valence-electron chi connectivity index (χ2n) is 7.93. The number of carbonyl (C=O) groups excluding carboxylic acids is 1. The van der Waals surface area contributed by atoms with Gasteiger partial charge in [0.25, 0.3) is 0 Å². The van der Waals surface area contributed by atoms with Gasteiger partial charge >= 0.3 is 0 Å². The summed E-state index contributed by atoms with van der Waals surface area (Å²) in [4.78, 5) is 24.0. The SMILES string of the molecule is CCNC(=NCC1(SC)CCOCC1)N1CCN(CC(=O)N2CCOCC2)CC1.I. The summed E-state index contributed by atoms with van der Waals surface area (Å²) in [6.45, 7) is 12.3. The minimum absolute atomic E-state index is 0. The maximum Gasteiger partial charge on any atom is 0.236 e. The van der Waals surface area contributed by atoms with Gasteiger partial charge in [-0.15, -0.1) is 24.0 Å². The van der Waals surface area contributed by atoms with Crippen LogP contribution in [0, 0.1) is 0 Å². The van der Waals surface area contributed by atoms with Crippen molar-refractivity contribution < 1.29 is 14.3 Å². The molecular formula is C20H38IN5O3S. The average Bonchev–Trinajstić information content (AvgIpc) is 2.78. The van der Waals surface area contributed by atoms with E-state index in [-0.39, 0.29) is 34.6 Å². The second kappa shape index (κ2) is 13.3. The van der Waals surface area contributed by atoms with Crippen LogP contribution in [0.3, 0.4) is 0 Å². The van der Waals surface area contributed by atoms with Crippen LogP contribution in [0.25, 0.3) is 0 Å². The Morgan fingerprint density at radius 1 is 1.00 bits per heavy atom. The van der Waals surface area contributed by atoms with Crippen molar-refractivity contribution in [3.8, 4) is 0 Å². The van der Waals surface area contributed by atoms with E-state index in [1.165, 1.54) is 0 Å². The van der Waals surface area contributed by atoms with Crippen molar-refractivity contribution in [2.24, 2.45) is 4.99 Å². The molecule has 0 bridgehead atoms. The van der Waals surface area contributed by atoms with Crippen molar-refractivity contribution in [3.63, 3.8) is 0 Å². The first-order valence-electron chi connectivity index (χ1n) is 10.9. The van der Waals surface area contributed by atoms with E-state index in [4.69, 9.17) is 14.5 Å². The Labute approximate surface area is 202 Å². The Balaban J connectivity index is 0.00000320. The third kappa shape index (κ3) is 7.39. The first-order chi connectivity index (χ1) is 14.2. The van der Waals surface area contributed by atoms with E-state index >= 15 is 0 Å². The number of thioether (sulfide) groups is 1. The zero-order valence-corrected chi connectivity index (χ0v) is 21.6. The van der Waals surface area contributed by atoms with Crippen molar-refractivity contribution in [1.29, 1.82) is 0 Å². The van der Waals surface area contributed by atoms with Crippen molar-refractivity contribution in [1.82, 2.24) is 20.0 Å². The van der Waals surface area contributed by atoms with Crippen LogP contribution in [0.15, 0.2) is 4.99 Å². The number of halogens is 1. The molecule has 3 saturated heterocycles. The van der Waals surface area contributed by atoms with E-state index in [0.717, 1.165) is 84.4 Å². The smallest absolute Gasteiger partial charge is 0.236 e. The standard InChI is InChI=1S/C20H37N5O3S.HI/c1-3-21-19(22-17-20(29-2)4-12-27-13-5-20)25-8-6-23(7-9-25)16-18(26)24-10-14-28-15-11-24;/h3-17H2,1-2H3,(H,21,22);1H. The fourth-order valence-electron chi connectivity index (χ4n) is 4.04. The summed E-state index contributed by atoms with van der Waals surface area (Å²) in [6.07, 6.45) is 4.32. The number of rotatable bonds is 6. The van der Waals surface area contributed by atoms with Crippen molar-refractivity contribution >= 4 is 47.6 Å². The van der Waals surface area contributed by atoms with Crippen molar-refractivity contribution in [2.45, 2.75) is 24.5 Å². The Kier molecular flexibility index (Phi) is 11.5. The second-order valence-corrected chi connectivity index (χ2v) is 9.20. The molecule has 0 spiro atoms. The molecule has 174 valence electrons. The summed E-state index contributed by atoms with van der Waals surface area (Å²) >= 11 is 1.93. The molecule has 10 heteroatoms. The van der Waals surface area contributed by atoms with Crippen LogP contribution in [-0.2, 0) is 14.3 Å². The highest BCUT2D eigenvalue weighted by Gasteiger charge is 2.32. The van der Waals surface area contributed by atoms with E-state index in [2.05, 4.69) is 28.3 Å². The summed E-state index contributed by atoms with van der Waals surface area (Å²) in [7, 11) is 0. The normalized spacial score (nSPS) is 23.1. The third-order valence-corrected chi connectivity index (χ3v) is 7.49. The molecule has 3 rings (SSSR count). The molecule has 1 amide bonds. The predicted molar refractivity (Wildman–Crippen MR) is 133 cm³/mol. The molecule has 0 aromatic rings. The quantitative estimate of drug-likeness (QED) is 0.298. The molecular weight excluding hydrogens is 517 g/mol. The van der Waals surface area contributed by atoms with Gasteiger partial charge in [-0.3, -0.25) is 14.7 Å². The lowest BCUT2D eigenvalue weighted by Crippen LogP contribution is -2.55. The van der Waals surface area contributed by atoms with Gasteiger partial charge in [0.15, 0.2) is 5.96 Å². The van der Waals surface area contributed by atoms with Crippen molar-refractivity contribution in [2.75, 3.05) is 91.6 Å². The zero-order valence-electron chi connectivity index (χ0n) is 18.4. The molecule has 30 heavy (non-hydrogen) atoms. The van der Waals surface area contributed by atoms with Crippen LogP contribution in [0.2, 0.25) is 0 Å². The van der Waals surface area contributed by atoms with Crippen LogP contribution < -0.4 is 5.32 Å². The van der Waals surface area contributed by atoms with Crippen LogP contribution in [-0.4, -0.2) is 123 Å². The van der Waals surface area contributed by atoms with E-state index in [9.17, 15) is 4.79 Å². The molecule has 3 aliphatic heterocycles. The number of nitrogens with zero attached hydrogens (tertiary/aromatic N) is 4. The molecule has 0 saturated carbocycles. The van der Waals surface area contributed by atoms with Gasteiger partial charge in [-0.1, -0.05) is 0 Å². The monoisotopic (exact) mass is 555 g/mol. The molecule has 1 N–H and O–H groups in total. The largest absolute Gasteiger partial charge is 0.381 e. The van der Waals surface area contributed by atoms with Crippen LogP contribution in [0.1, 0.15) is 19.8 Å². The molecule has 0 radical (unpaired) electrons. The minimum atomic E-state index is 0. The molecule has 3 heterocycles. The van der Waals surface area contributed by atoms with Crippen LogP contribution in [0.5, 0.6) is 0 Å².